The number of hydrogen-bond donors (Lipinski definition) is 5. The van der Waals surface area contributed by atoms with E-state index in [0.29, 0.717) is 16.4 Å². The number of benzene rings is 1. The second-order valence-corrected chi connectivity index (χ2v) is 5.05. The van der Waals surface area contributed by atoms with Gasteiger partial charge in [0.15, 0.2) is 17.4 Å². The van der Waals surface area contributed by atoms with Gasteiger partial charge in [-0.05, 0) is 28.5 Å². The van der Waals surface area contributed by atoms with Crippen molar-refractivity contribution >= 4 is 17.9 Å². The summed E-state index contributed by atoms with van der Waals surface area (Å²) in [5.74, 6) is -0.830. The minimum Gasteiger partial charge on any atom is -0.511 e. The molecule has 6 heteroatoms. The number of aromatic amines is 1. The molecule has 0 spiro atoms. The number of fused-ring (bicyclic) bond motifs is 1. The zero-order valence-corrected chi connectivity index (χ0v) is 11.4. The van der Waals surface area contributed by atoms with Gasteiger partial charge in [-0.15, -0.1) is 0 Å². The highest BCUT2D eigenvalue weighted by Gasteiger charge is 2.11. The van der Waals surface area contributed by atoms with Gasteiger partial charge in [-0.1, -0.05) is 18.2 Å². The normalized spacial score (nSPS) is 15.5. The van der Waals surface area contributed by atoms with Gasteiger partial charge in [0, 0.05) is 12.5 Å². The van der Waals surface area contributed by atoms with Gasteiger partial charge < -0.3 is 20.4 Å². The Hall–Kier alpha value is -3.15. The number of nitrogens with one attached hydrogen (secondary N) is 1. The molecule has 0 fully saturated rings. The molecule has 2 aromatic rings. The van der Waals surface area contributed by atoms with E-state index < -0.39 is 5.56 Å². The molecule has 1 aromatic carbocycles. The van der Waals surface area contributed by atoms with Gasteiger partial charge in [-0.3, -0.25) is 9.78 Å². The maximum atomic E-state index is 11.7. The summed E-state index contributed by atoms with van der Waals surface area (Å²) >= 11 is 0. The molecule has 0 amide bonds. The molecular formula is C16H13NO5. The number of pyridine rings is 1. The fraction of sp³-hybridized carbons (Fsp3) is 0.0625. The summed E-state index contributed by atoms with van der Waals surface area (Å²) in [7, 11) is 0. The van der Waals surface area contributed by atoms with Crippen LogP contribution in [-0.4, -0.2) is 25.4 Å². The van der Waals surface area contributed by atoms with Crippen LogP contribution in [0.1, 0.15) is 12.0 Å². The minimum atomic E-state index is -0.551. The lowest BCUT2D eigenvalue weighted by molar-refractivity contribution is 0.403. The van der Waals surface area contributed by atoms with E-state index in [-0.39, 0.29) is 34.8 Å². The smallest absolute Gasteiger partial charge is 0.261 e. The SMILES string of the molecule is O=c1[nH]c(O)cc2c1=C(O)CC(=Cc1ccc(O)c(O)c1)C=2. The highest BCUT2D eigenvalue weighted by Crippen LogP contribution is 2.27. The van der Waals surface area contributed by atoms with Crippen LogP contribution in [0.5, 0.6) is 17.4 Å². The maximum absolute atomic E-state index is 11.7. The van der Waals surface area contributed by atoms with Crippen LogP contribution >= 0.6 is 0 Å². The lowest BCUT2D eigenvalue weighted by atomic mass is 10.00. The van der Waals surface area contributed by atoms with Gasteiger partial charge in [0.2, 0.25) is 0 Å². The molecule has 0 aliphatic heterocycles. The number of aliphatic hydroxyl groups excluding tert-OH is 1. The van der Waals surface area contributed by atoms with Crippen molar-refractivity contribution in [2.75, 3.05) is 0 Å². The Morgan fingerprint density at radius 1 is 1.05 bits per heavy atom. The number of hydrogen-bond acceptors (Lipinski definition) is 5. The summed E-state index contributed by atoms with van der Waals surface area (Å²) < 4.78 is 0. The number of aromatic nitrogens is 1. The van der Waals surface area contributed by atoms with Crippen LogP contribution in [0.15, 0.2) is 34.6 Å². The summed E-state index contributed by atoms with van der Waals surface area (Å²) in [6.07, 6.45) is 3.53. The van der Waals surface area contributed by atoms with Gasteiger partial charge in [0.25, 0.3) is 5.56 Å². The fourth-order valence-electron chi connectivity index (χ4n) is 2.45. The molecule has 1 aliphatic carbocycles. The van der Waals surface area contributed by atoms with E-state index in [4.69, 9.17) is 0 Å². The maximum Gasteiger partial charge on any atom is 0.261 e. The van der Waals surface area contributed by atoms with Crippen LogP contribution < -0.4 is 16.0 Å². The summed E-state index contributed by atoms with van der Waals surface area (Å²) in [5.41, 5.74) is 0.775. The molecule has 0 bridgehead atoms. The summed E-state index contributed by atoms with van der Waals surface area (Å²) in [6, 6.07) is 5.71. The van der Waals surface area contributed by atoms with E-state index >= 15 is 0 Å². The van der Waals surface area contributed by atoms with E-state index in [0.717, 1.165) is 0 Å². The van der Waals surface area contributed by atoms with Crippen molar-refractivity contribution < 1.29 is 20.4 Å². The number of aliphatic hydroxyl groups is 1. The average Bonchev–Trinajstić information content (AvgIpc) is 2.41. The Balaban J connectivity index is 2.15. The molecule has 1 aromatic heterocycles. The van der Waals surface area contributed by atoms with E-state index in [9.17, 15) is 25.2 Å². The Morgan fingerprint density at radius 3 is 2.55 bits per heavy atom. The van der Waals surface area contributed by atoms with Crippen molar-refractivity contribution in [2.45, 2.75) is 6.42 Å². The second kappa shape index (κ2) is 5.00. The summed E-state index contributed by atoms with van der Waals surface area (Å²) in [5, 5.41) is 38.8. The molecule has 1 aliphatic rings. The van der Waals surface area contributed by atoms with Crippen molar-refractivity contribution in [3.8, 4) is 17.4 Å². The highest BCUT2D eigenvalue weighted by atomic mass is 16.3. The number of phenolic OH excluding ortho intramolecular Hbond substituents is 2. The molecule has 0 saturated heterocycles. The van der Waals surface area contributed by atoms with Gasteiger partial charge in [-0.2, -0.15) is 0 Å². The second-order valence-electron chi connectivity index (χ2n) is 5.05. The minimum absolute atomic E-state index is 0.0898. The molecule has 3 rings (SSSR count). The van der Waals surface area contributed by atoms with Gasteiger partial charge >= 0.3 is 0 Å². The van der Waals surface area contributed by atoms with Gasteiger partial charge in [0.1, 0.15) is 5.76 Å². The standard InChI is InChI=1S/C16H13NO5/c18-11-2-1-8(5-12(11)19)3-9-4-10-7-14(21)17-16(22)15(10)13(20)6-9/h1-5,7,18-21H,6H2,(H,17,22). The van der Waals surface area contributed by atoms with Crippen LogP contribution in [0.4, 0.5) is 0 Å². The van der Waals surface area contributed by atoms with Gasteiger partial charge in [0.05, 0.1) is 5.22 Å². The predicted molar refractivity (Wildman–Crippen MR) is 80.8 cm³/mol. The van der Waals surface area contributed by atoms with E-state index in [2.05, 4.69) is 4.98 Å². The molecular weight excluding hydrogens is 286 g/mol. The summed E-state index contributed by atoms with van der Waals surface area (Å²) in [4.78, 5) is 14.0. The quantitative estimate of drug-likeness (QED) is 0.490. The molecule has 1 heterocycles. The molecule has 5 N–H and O–H groups in total. The average molecular weight is 299 g/mol. The Bertz CT molecular complexity index is 969. The molecule has 0 radical (unpaired) electrons. The molecule has 112 valence electrons. The number of H-pyrrole nitrogens is 1. The van der Waals surface area contributed by atoms with Crippen molar-refractivity contribution in [1.82, 2.24) is 4.98 Å². The molecule has 0 atom stereocenters. The van der Waals surface area contributed by atoms with Crippen LogP contribution in [-0.2, 0) is 0 Å². The fourth-order valence-corrected chi connectivity index (χ4v) is 2.45. The summed E-state index contributed by atoms with van der Waals surface area (Å²) in [6.45, 7) is 0. The molecule has 22 heavy (non-hydrogen) atoms. The van der Waals surface area contributed by atoms with Crippen LogP contribution in [0.25, 0.3) is 17.9 Å². The first-order chi connectivity index (χ1) is 10.4. The van der Waals surface area contributed by atoms with Crippen LogP contribution in [0.3, 0.4) is 0 Å². The third kappa shape index (κ3) is 2.42. The first-order valence-electron chi connectivity index (χ1n) is 6.53. The van der Waals surface area contributed by atoms with Crippen molar-refractivity contribution in [1.29, 1.82) is 0 Å². The lowest BCUT2D eigenvalue weighted by Crippen LogP contribution is -2.43. The van der Waals surface area contributed by atoms with E-state index in [1.54, 1.807) is 18.2 Å². The zero-order chi connectivity index (χ0) is 15.9. The van der Waals surface area contributed by atoms with Crippen molar-refractivity contribution in [2.24, 2.45) is 0 Å². The Labute approximate surface area is 124 Å². The van der Waals surface area contributed by atoms with Crippen LogP contribution in [0, 0.1) is 0 Å². The topological polar surface area (TPSA) is 114 Å². The third-order valence-corrected chi connectivity index (χ3v) is 3.40. The first-order valence-corrected chi connectivity index (χ1v) is 6.53. The van der Waals surface area contributed by atoms with E-state index in [1.807, 2.05) is 0 Å². The molecule has 0 saturated carbocycles. The molecule has 0 unspecified atom stereocenters. The number of phenols is 2. The van der Waals surface area contributed by atoms with Crippen molar-refractivity contribution in [3.63, 3.8) is 0 Å². The Kier molecular flexibility index (Phi) is 3.14. The zero-order valence-electron chi connectivity index (χ0n) is 11.4. The Morgan fingerprint density at radius 2 is 1.82 bits per heavy atom. The monoisotopic (exact) mass is 299 g/mol. The number of rotatable bonds is 1. The van der Waals surface area contributed by atoms with Gasteiger partial charge in [-0.25, -0.2) is 0 Å². The molecule has 6 nitrogen and oxygen atoms in total. The third-order valence-electron chi connectivity index (χ3n) is 3.40. The lowest BCUT2D eigenvalue weighted by Gasteiger charge is -2.09. The highest BCUT2D eigenvalue weighted by molar-refractivity contribution is 5.71. The predicted octanol–water partition coefficient (Wildman–Crippen LogP) is 0.426. The number of aromatic hydroxyl groups is 3. The largest absolute Gasteiger partial charge is 0.511 e. The first kappa shape index (κ1) is 13.8. The van der Waals surface area contributed by atoms with E-state index in [1.165, 1.54) is 18.2 Å². The van der Waals surface area contributed by atoms with Crippen LogP contribution in [0.2, 0.25) is 0 Å². The van der Waals surface area contributed by atoms with Crippen molar-refractivity contribution in [3.05, 3.63) is 56.2 Å².